The second-order valence-electron chi connectivity index (χ2n) is 10.5. The Balaban J connectivity index is 1.97. The van der Waals surface area contributed by atoms with Gasteiger partial charge in [0.1, 0.15) is 0 Å². The van der Waals surface area contributed by atoms with Crippen LogP contribution in [0, 0.1) is 0 Å². The van der Waals surface area contributed by atoms with E-state index >= 15 is 0 Å². The predicted octanol–water partition coefficient (Wildman–Crippen LogP) is 7.46. The topological polar surface area (TPSA) is 9.86 Å². The summed E-state index contributed by atoms with van der Waals surface area (Å²) < 4.78 is 5.56. The molecule has 2 radical (unpaired) electrons. The first-order chi connectivity index (χ1) is 13.9. The van der Waals surface area contributed by atoms with Gasteiger partial charge in [-0.05, 0) is 0 Å². The van der Waals surface area contributed by atoms with Gasteiger partial charge in [0.2, 0.25) is 0 Å². The Kier molecular flexibility index (Phi) is 7.75. The Morgan fingerprint density at radius 1 is 0.667 bits per heavy atom. The molecule has 2 nitrogen and oxygen atoms in total. The number of nitrogens with zero attached hydrogens (tertiary/aromatic N) is 2. The van der Waals surface area contributed by atoms with Crippen molar-refractivity contribution in [2.75, 3.05) is 0 Å². The van der Waals surface area contributed by atoms with Gasteiger partial charge in [0, 0.05) is 0 Å². The van der Waals surface area contributed by atoms with Gasteiger partial charge in [-0.1, -0.05) is 0 Å². The number of hydrogen-bond acceptors (Lipinski definition) is 0. The zero-order valence-electron chi connectivity index (χ0n) is 20.8. The Labute approximate surface area is 195 Å². The Bertz CT molecular complexity index is 776. The third-order valence-corrected chi connectivity index (χ3v) is 16.5. The molecule has 0 atom stereocenters. The van der Waals surface area contributed by atoms with E-state index in [0.29, 0.717) is 0 Å². The van der Waals surface area contributed by atoms with Crippen LogP contribution in [-0.2, 0) is 17.7 Å². The molecular weight excluding hydrogens is 463 g/mol. The molecule has 0 unspecified atom stereocenters. The minimum absolute atomic E-state index is 0.0231. The second kappa shape index (κ2) is 9.45. The van der Waals surface area contributed by atoms with Crippen molar-refractivity contribution in [2.24, 2.45) is 0 Å². The summed E-state index contributed by atoms with van der Waals surface area (Å²) in [6.07, 6.45) is 2.56. The normalized spacial score (nSPS) is 15.9. The molecule has 0 aliphatic carbocycles. The van der Waals surface area contributed by atoms with E-state index in [2.05, 4.69) is 101 Å². The van der Waals surface area contributed by atoms with Crippen LogP contribution in [0.15, 0.2) is 24.3 Å². The molecule has 0 amide bonds. The van der Waals surface area contributed by atoms with E-state index in [1.165, 1.54) is 12.3 Å². The average Bonchev–Trinajstić information content (AvgIpc) is 3.21. The molecule has 1 aliphatic rings. The fraction of sp³-hybridized carbons (Fsp3) is 0.680. The van der Waals surface area contributed by atoms with Crippen LogP contribution in [0.4, 0.5) is 0 Å². The van der Waals surface area contributed by atoms with Crippen molar-refractivity contribution in [1.82, 2.24) is 7.05 Å². The first-order valence-electron chi connectivity index (χ1n) is 11.7. The first kappa shape index (κ1) is 24.6. The molecular formula is C25H42GeN2P2. The third kappa shape index (κ3) is 4.67. The van der Waals surface area contributed by atoms with Crippen LogP contribution < -0.4 is 0 Å². The summed E-state index contributed by atoms with van der Waals surface area (Å²) >= 11 is -0.411. The molecule has 0 saturated heterocycles. The zero-order chi connectivity index (χ0) is 22.4. The van der Waals surface area contributed by atoms with Crippen LogP contribution in [-0.4, -0.2) is 45.6 Å². The van der Waals surface area contributed by atoms with Gasteiger partial charge in [0.15, 0.2) is 0 Å². The van der Waals surface area contributed by atoms with Gasteiger partial charge in [-0.3, -0.25) is 0 Å². The van der Waals surface area contributed by atoms with E-state index < -0.39 is 15.9 Å². The number of fused-ring (bicyclic) bond motifs is 2. The van der Waals surface area contributed by atoms with E-state index in [1.54, 1.807) is 22.8 Å². The summed E-state index contributed by atoms with van der Waals surface area (Å²) in [5.74, 6) is 0. The number of aromatic nitrogens is 2. The number of hydrogen-bond donors (Lipinski definition) is 0. The van der Waals surface area contributed by atoms with Gasteiger partial charge in [-0.15, -0.1) is 0 Å². The van der Waals surface area contributed by atoms with E-state index in [-0.39, 0.29) is 21.3 Å². The molecule has 2 aromatic rings. The van der Waals surface area contributed by atoms with Crippen molar-refractivity contribution in [3.8, 4) is 0 Å². The molecule has 3 rings (SSSR count). The fourth-order valence-electron chi connectivity index (χ4n) is 4.94. The predicted molar refractivity (Wildman–Crippen MR) is 139 cm³/mol. The van der Waals surface area contributed by atoms with E-state index in [0.717, 1.165) is 22.6 Å². The molecule has 0 fully saturated rings. The maximum absolute atomic E-state index is 2.78. The SMILES string of the molecule is CC(C)P(Cc1ccc2[n]1[Ge][n]1c(CP(C(C)C)C(C)C)ccc1C2(C)C)C(C)C. The van der Waals surface area contributed by atoms with Crippen LogP contribution in [0.25, 0.3) is 0 Å². The Morgan fingerprint density at radius 2 is 1.00 bits per heavy atom. The van der Waals surface area contributed by atoms with Gasteiger partial charge in [0.05, 0.1) is 0 Å². The van der Waals surface area contributed by atoms with E-state index in [1.807, 2.05) is 0 Å². The van der Waals surface area contributed by atoms with E-state index in [9.17, 15) is 0 Å². The van der Waals surface area contributed by atoms with Crippen molar-refractivity contribution in [2.45, 2.75) is 110 Å². The zero-order valence-corrected chi connectivity index (χ0v) is 24.7. The average molecular weight is 505 g/mol. The van der Waals surface area contributed by atoms with E-state index in [4.69, 9.17) is 0 Å². The molecule has 0 spiro atoms. The summed E-state index contributed by atoms with van der Waals surface area (Å²) in [7, 11) is 0.0462. The van der Waals surface area contributed by atoms with Crippen LogP contribution in [0.1, 0.15) is 92.0 Å². The Hall–Kier alpha value is -0.0371. The molecule has 0 bridgehead atoms. The van der Waals surface area contributed by atoms with Crippen molar-refractivity contribution >= 4 is 31.7 Å². The van der Waals surface area contributed by atoms with Gasteiger partial charge < -0.3 is 0 Å². The van der Waals surface area contributed by atoms with Crippen molar-refractivity contribution in [1.29, 1.82) is 0 Å². The van der Waals surface area contributed by atoms with Crippen LogP contribution in [0.2, 0.25) is 0 Å². The molecule has 2 aromatic heterocycles. The fourth-order valence-corrected chi connectivity index (χ4v) is 14.1. The van der Waals surface area contributed by atoms with Crippen LogP contribution in [0.3, 0.4) is 0 Å². The van der Waals surface area contributed by atoms with Gasteiger partial charge in [0.25, 0.3) is 0 Å². The minimum atomic E-state index is -0.411. The monoisotopic (exact) mass is 506 g/mol. The van der Waals surface area contributed by atoms with Crippen molar-refractivity contribution < 1.29 is 0 Å². The summed E-state index contributed by atoms with van der Waals surface area (Å²) in [4.78, 5) is 0. The standard InChI is InChI=1S/C25H42GeN2P2/c1-17(2)29(18(3)4)15-21-11-13-23-25(9,10)24-14-12-22(28(24)26-27(21)23)16-30(19(5)6)20(7)8/h11-14,17-20H,15-16H2,1-10H3. The maximum atomic E-state index is 2.78. The first-order valence-corrected chi connectivity index (χ1v) is 16.9. The quantitative estimate of drug-likeness (QED) is 0.261. The van der Waals surface area contributed by atoms with Crippen molar-refractivity contribution in [3.05, 3.63) is 47.0 Å². The molecule has 30 heavy (non-hydrogen) atoms. The van der Waals surface area contributed by atoms with Gasteiger partial charge in [-0.25, -0.2) is 0 Å². The third-order valence-electron chi connectivity index (χ3n) is 6.75. The summed E-state index contributed by atoms with van der Waals surface area (Å²) in [5, 5.41) is 0. The van der Waals surface area contributed by atoms with Gasteiger partial charge >= 0.3 is 195 Å². The Morgan fingerprint density at radius 3 is 1.30 bits per heavy atom. The van der Waals surface area contributed by atoms with Crippen LogP contribution in [0.5, 0.6) is 0 Å². The van der Waals surface area contributed by atoms with Gasteiger partial charge in [-0.2, -0.15) is 0 Å². The molecule has 1 aliphatic heterocycles. The summed E-state index contributed by atoms with van der Waals surface area (Å²) in [5.41, 5.74) is 9.57. The second-order valence-corrected chi connectivity index (χ2v) is 19.7. The van der Waals surface area contributed by atoms with Crippen LogP contribution >= 0.6 is 15.8 Å². The molecule has 166 valence electrons. The summed E-state index contributed by atoms with van der Waals surface area (Å²) in [6.45, 7) is 24.3. The molecule has 0 N–H and O–H groups in total. The molecule has 0 aromatic carbocycles. The number of rotatable bonds is 8. The summed E-state index contributed by atoms with van der Waals surface area (Å²) in [6, 6.07) is 9.81. The molecule has 3 heterocycles. The van der Waals surface area contributed by atoms with Crippen molar-refractivity contribution in [3.63, 3.8) is 0 Å². The molecule has 5 heteroatoms. The molecule has 0 saturated carbocycles.